The third-order valence-corrected chi connectivity index (χ3v) is 7.82. The molecule has 0 spiro atoms. The molecule has 0 radical (unpaired) electrons. The van der Waals surface area contributed by atoms with Gasteiger partial charge in [-0.2, -0.15) is 9.61 Å². The summed E-state index contributed by atoms with van der Waals surface area (Å²) in [7, 11) is 7.03. The van der Waals surface area contributed by atoms with Crippen LogP contribution in [0, 0.1) is 0 Å². The Kier molecular flexibility index (Phi) is 7.01. The van der Waals surface area contributed by atoms with E-state index < -0.39 is 0 Å². The van der Waals surface area contributed by atoms with Crippen LogP contribution in [0.15, 0.2) is 70.2 Å². The summed E-state index contributed by atoms with van der Waals surface area (Å²) >= 11 is 9.99. The van der Waals surface area contributed by atoms with E-state index in [9.17, 15) is 4.79 Å². The quantitative estimate of drug-likeness (QED) is 0.284. The maximum atomic E-state index is 13.0. The van der Waals surface area contributed by atoms with E-state index in [2.05, 4.69) is 26.3 Å². The molecule has 1 aliphatic heterocycles. The lowest BCUT2D eigenvalue weighted by atomic mass is 10.0. The van der Waals surface area contributed by atoms with Crippen LogP contribution in [0.3, 0.4) is 0 Å². The third kappa shape index (κ3) is 4.64. The predicted octanol–water partition coefficient (Wildman–Crippen LogP) is 6.77. The normalized spacial score (nSPS) is 14.5. The highest BCUT2D eigenvalue weighted by Gasteiger charge is 2.26. The van der Waals surface area contributed by atoms with Gasteiger partial charge < -0.3 is 10.2 Å². The Bertz CT molecular complexity index is 1360. The van der Waals surface area contributed by atoms with Crippen LogP contribution >= 0.6 is 49.2 Å². The molecule has 34 heavy (non-hydrogen) atoms. The summed E-state index contributed by atoms with van der Waals surface area (Å²) in [6.07, 6.45) is 3.36. The third-order valence-electron chi connectivity index (χ3n) is 5.91. The summed E-state index contributed by atoms with van der Waals surface area (Å²) in [6.45, 7) is 1.32. The molecule has 4 aromatic rings. The Morgan fingerprint density at radius 2 is 1.85 bits per heavy atom. The lowest BCUT2D eigenvalue weighted by molar-refractivity contribution is 0.0715. The van der Waals surface area contributed by atoms with Crippen molar-refractivity contribution >= 4 is 66.6 Å². The number of likely N-dealkylation sites (tertiary alicyclic amines) is 1. The molecule has 174 valence electrons. The summed E-state index contributed by atoms with van der Waals surface area (Å²) in [5, 5.41) is 8.74. The maximum Gasteiger partial charge on any atom is 0.255 e. The number of anilines is 1. The molecule has 10 heteroatoms. The van der Waals surface area contributed by atoms with Gasteiger partial charge >= 0.3 is 0 Å². The van der Waals surface area contributed by atoms with Crippen LogP contribution in [-0.2, 0) is 0 Å². The van der Waals surface area contributed by atoms with Gasteiger partial charge in [-0.1, -0.05) is 41.9 Å². The van der Waals surface area contributed by atoms with Crippen LogP contribution in [0.5, 0.6) is 0 Å². The molecule has 0 aliphatic carbocycles. The molecule has 1 saturated heterocycles. The number of carbonyl (C=O) groups is 1. The van der Waals surface area contributed by atoms with Crippen LogP contribution in [0.4, 0.5) is 5.82 Å². The summed E-state index contributed by atoms with van der Waals surface area (Å²) in [6, 6.07) is 17.3. The highest BCUT2D eigenvalue weighted by molar-refractivity contribution is 9.10. The SMILES string of the molecule is O=C(c1ccccc1SCl)N1CCC(Nc2cc(-c3ccccc3Cl)nc3c(Br)cnn23)CC1. The Morgan fingerprint density at radius 3 is 2.62 bits per heavy atom. The van der Waals surface area contributed by atoms with Crippen LogP contribution in [-0.4, -0.2) is 44.5 Å². The first-order valence-electron chi connectivity index (χ1n) is 10.8. The van der Waals surface area contributed by atoms with E-state index in [0.29, 0.717) is 29.3 Å². The molecular formula is C24H20BrCl2N5OS. The van der Waals surface area contributed by atoms with Gasteiger partial charge in [-0.3, -0.25) is 4.79 Å². The number of amides is 1. The number of fused-ring (bicyclic) bond motifs is 1. The van der Waals surface area contributed by atoms with Crippen LogP contribution in [0.25, 0.3) is 16.9 Å². The average Bonchev–Trinajstić information content (AvgIpc) is 3.25. The number of hydrogen-bond donors (Lipinski definition) is 1. The van der Waals surface area contributed by atoms with Crippen molar-refractivity contribution in [3.8, 4) is 11.3 Å². The summed E-state index contributed by atoms with van der Waals surface area (Å²) in [5.74, 6) is 0.852. The molecule has 2 aromatic heterocycles. The fraction of sp³-hybridized carbons (Fsp3) is 0.208. The van der Waals surface area contributed by atoms with Crippen molar-refractivity contribution in [2.24, 2.45) is 0 Å². The minimum absolute atomic E-state index is 0.0190. The Morgan fingerprint density at radius 1 is 1.12 bits per heavy atom. The van der Waals surface area contributed by atoms with E-state index >= 15 is 0 Å². The molecule has 1 N–H and O–H groups in total. The fourth-order valence-electron chi connectivity index (χ4n) is 4.16. The van der Waals surface area contributed by atoms with Gasteiger partial charge in [0.1, 0.15) is 5.82 Å². The zero-order valence-electron chi connectivity index (χ0n) is 17.9. The summed E-state index contributed by atoms with van der Waals surface area (Å²) < 4.78 is 2.59. The lowest BCUT2D eigenvalue weighted by Crippen LogP contribution is -2.42. The van der Waals surface area contributed by atoms with Crippen LogP contribution < -0.4 is 5.32 Å². The molecule has 6 nitrogen and oxygen atoms in total. The minimum Gasteiger partial charge on any atom is -0.367 e. The van der Waals surface area contributed by atoms with E-state index in [1.54, 1.807) is 10.7 Å². The minimum atomic E-state index is 0.0190. The van der Waals surface area contributed by atoms with Crippen molar-refractivity contribution in [1.29, 1.82) is 0 Å². The highest BCUT2D eigenvalue weighted by atomic mass is 79.9. The molecular weight excluding hydrogens is 557 g/mol. The Labute approximate surface area is 219 Å². The molecule has 0 unspecified atom stereocenters. The standard InChI is InChI=1S/C24H20BrCl2N5OS/c25-18-14-28-32-22(13-20(30-23(18)32)16-5-1-3-7-19(16)26)29-15-9-11-31(12-10-15)24(33)17-6-2-4-8-21(17)34-27/h1-8,13-15,29H,9-12H2. The van der Waals surface area contributed by atoms with Crippen molar-refractivity contribution in [2.45, 2.75) is 23.8 Å². The van der Waals surface area contributed by atoms with Gasteiger partial charge in [0.2, 0.25) is 0 Å². The van der Waals surface area contributed by atoms with Crippen molar-refractivity contribution in [3.63, 3.8) is 0 Å². The Balaban J connectivity index is 1.35. The van der Waals surface area contributed by atoms with Crippen LogP contribution in [0.1, 0.15) is 23.2 Å². The van der Waals surface area contributed by atoms with Crippen molar-refractivity contribution in [1.82, 2.24) is 19.5 Å². The summed E-state index contributed by atoms with van der Waals surface area (Å²) in [5.41, 5.74) is 2.99. The first-order valence-corrected chi connectivity index (χ1v) is 13.6. The topological polar surface area (TPSA) is 62.5 Å². The predicted molar refractivity (Wildman–Crippen MR) is 142 cm³/mol. The second-order valence-corrected chi connectivity index (χ2v) is 10.3. The van der Waals surface area contributed by atoms with Gasteiger partial charge in [0.15, 0.2) is 5.65 Å². The Hall–Kier alpha value is -2.26. The van der Waals surface area contributed by atoms with E-state index in [1.807, 2.05) is 59.5 Å². The number of nitrogens with one attached hydrogen (secondary N) is 1. The number of carbonyl (C=O) groups excluding carboxylic acids is 1. The molecule has 2 aromatic carbocycles. The molecule has 0 bridgehead atoms. The van der Waals surface area contributed by atoms with Gasteiger partial charge in [-0.15, -0.1) is 0 Å². The number of halogens is 3. The second-order valence-electron chi connectivity index (χ2n) is 8.02. The van der Waals surface area contributed by atoms with Gasteiger partial charge in [0, 0.05) is 40.7 Å². The largest absolute Gasteiger partial charge is 0.367 e. The van der Waals surface area contributed by atoms with E-state index in [0.717, 1.165) is 50.3 Å². The number of benzene rings is 2. The molecule has 1 fully saturated rings. The van der Waals surface area contributed by atoms with Crippen molar-refractivity contribution in [3.05, 3.63) is 75.9 Å². The smallest absolute Gasteiger partial charge is 0.255 e. The number of piperidine rings is 1. The average molecular weight is 577 g/mol. The molecule has 1 aliphatic rings. The maximum absolute atomic E-state index is 13.0. The molecule has 1 amide bonds. The highest BCUT2D eigenvalue weighted by Crippen LogP contribution is 2.31. The van der Waals surface area contributed by atoms with Gasteiger partial charge in [0.05, 0.1) is 21.9 Å². The zero-order valence-corrected chi connectivity index (χ0v) is 21.8. The van der Waals surface area contributed by atoms with E-state index in [4.69, 9.17) is 27.3 Å². The monoisotopic (exact) mass is 575 g/mol. The first kappa shape index (κ1) is 23.5. The first-order chi connectivity index (χ1) is 16.5. The number of aromatic nitrogens is 3. The van der Waals surface area contributed by atoms with E-state index in [1.165, 1.54) is 0 Å². The fourth-order valence-corrected chi connectivity index (χ4v) is 5.52. The molecule has 0 saturated carbocycles. The number of rotatable bonds is 5. The zero-order chi connectivity index (χ0) is 23.7. The lowest BCUT2D eigenvalue weighted by Gasteiger charge is -2.33. The van der Waals surface area contributed by atoms with Crippen LogP contribution in [0.2, 0.25) is 5.02 Å². The van der Waals surface area contributed by atoms with Gasteiger partial charge in [-0.05, 0) is 68.6 Å². The molecule has 0 atom stereocenters. The number of nitrogens with zero attached hydrogens (tertiary/aromatic N) is 4. The van der Waals surface area contributed by atoms with Crippen molar-refractivity contribution in [2.75, 3.05) is 18.4 Å². The van der Waals surface area contributed by atoms with Gasteiger partial charge in [-0.25, -0.2) is 4.98 Å². The van der Waals surface area contributed by atoms with Gasteiger partial charge in [0.25, 0.3) is 5.91 Å². The van der Waals surface area contributed by atoms with Crippen molar-refractivity contribution < 1.29 is 4.79 Å². The summed E-state index contributed by atoms with van der Waals surface area (Å²) in [4.78, 5) is 20.5. The van der Waals surface area contributed by atoms with E-state index in [-0.39, 0.29) is 11.9 Å². The second kappa shape index (κ2) is 10.2. The molecule has 3 heterocycles. The number of hydrogen-bond acceptors (Lipinski definition) is 5. The molecule has 5 rings (SSSR count).